The molecular weight excluding hydrogens is 335 g/mol. The number of hydrogen-bond donors (Lipinski definition) is 1. The van der Waals surface area contributed by atoms with Crippen LogP contribution in [0.3, 0.4) is 0 Å². The summed E-state index contributed by atoms with van der Waals surface area (Å²) in [5.41, 5.74) is -0.0427. The number of carbonyl (C=O) groups is 2. The average Bonchev–Trinajstić information content (AvgIpc) is 2.63. The Kier molecular flexibility index (Phi) is 4.51. The lowest BCUT2D eigenvalue weighted by atomic mass is 10.1. The van der Waals surface area contributed by atoms with Crippen molar-refractivity contribution in [2.24, 2.45) is 5.10 Å². The van der Waals surface area contributed by atoms with Crippen LogP contribution in [-0.2, 0) is 9.59 Å². The quantitative estimate of drug-likeness (QED) is 0.867. The number of hydrazone groups is 1. The van der Waals surface area contributed by atoms with E-state index in [1.165, 1.54) is 0 Å². The van der Waals surface area contributed by atoms with E-state index in [1.54, 1.807) is 30.3 Å². The highest BCUT2D eigenvalue weighted by molar-refractivity contribution is 6.44. The zero-order valence-corrected chi connectivity index (χ0v) is 12.8. The summed E-state index contributed by atoms with van der Waals surface area (Å²) in [4.78, 5) is 24.2. The summed E-state index contributed by atoms with van der Waals surface area (Å²) >= 11 is 0. The molecular formula is C17H12F3N3O2. The molecule has 0 saturated heterocycles. The van der Waals surface area contributed by atoms with Crippen LogP contribution >= 0.6 is 0 Å². The van der Waals surface area contributed by atoms with Crippen LogP contribution in [0, 0.1) is 17.5 Å². The Morgan fingerprint density at radius 3 is 2.44 bits per heavy atom. The number of nitrogens with zero attached hydrogens (tertiary/aromatic N) is 2. The van der Waals surface area contributed by atoms with Crippen LogP contribution in [0.25, 0.3) is 0 Å². The Balaban J connectivity index is 1.85. The molecule has 8 heteroatoms. The maximum absolute atomic E-state index is 13.7. The lowest BCUT2D eigenvalue weighted by Crippen LogP contribution is -2.36. The van der Waals surface area contributed by atoms with Crippen molar-refractivity contribution in [3.05, 3.63) is 59.9 Å². The average molecular weight is 347 g/mol. The lowest BCUT2D eigenvalue weighted by Gasteiger charge is -2.23. The minimum atomic E-state index is -1.68. The van der Waals surface area contributed by atoms with Gasteiger partial charge in [0, 0.05) is 12.8 Å². The smallest absolute Gasteiger partial charge is 0.271 e. The molecule has 0 fully saturated rings. The Morgan fingerprint density at radius 2 is 1.72 bits per heavy atom. The van der Waals surface area contributed by atoms with E-state index < -0.39 is 29.0 Å². The van der Waals surface area contributed by atoms with Crippen molar-refractivity contribution in [2.75, 3.05) is 10.3 Å². The second-order valence-electron chi connectivity index (χ2n) is 5.26. The molecule has 0 spiro atoms. The zero-order chi connectivity index (χ0) is 18.0. The number of anilines is 2. The van der Waals surface area contributed by atoms with Gasteiger partial charge in [0.1, 0.15) is 5.71 Å². The molecule has 0 bridgehead atoms. The van der Waals surface area contributed by atoms with E-state index in [9.17, 15) is 22.8 Å². The van der Waals surface area contributed by atoms with Gasteiger partial charge in [0.15, 0.2) is 17.5 Å². The van der Waals surface area contributed by atoms with Gasteiger partial charge in [0.25, 0.3) is 5.91 Å². The molecule has 2 amide bonds. The van der Waals surface area contributed by atoms with Gasteiger partial charge in [-0.2, -0.15) is 5.10 Å². The number of hydrogen-bond acceptors (Lipinski definition) is 3. The summed E-state index contributed by atoms with van der Waals surface area (Å²) in [6.45, 7) is 0. The molecule has 25 heavy (non-hydrogen) atoms. The van der Waals surface area contributed by atoms with Crippen molar-refractivity contribution in [1.29, 1.82) is 0 Å². The first kappa shape index (κ1) is 16.7. The largest absolute Gasteiger partial charge is 0.318 e. The van der Waals surface area contributed by atoms with Gasteiger partial charge >= 0.3 is 0 Å². The molecule has 0 unspecified atom stereocenters. The van der Waals surface area contributed by atoms with Crippen LogP contribution < -0.4 is 10.3 Å². The third kappa shape index (κ3) is 3.37. The van der Waals surface area contributed by atoms with Crippen LogP contribution in [0.5, 0.6) is 0 Å². The maximum atomic E-state index is 13.7. The molecule has 0 atom stereocenters. The molecule has 1 aliphatic heterocycles. The molecule has 128 valence electrons. The zero-order valence-electron chi connectivity index (χ0n) is 12.8. The minimum Gasteiger partial charge on any atom is -0.318 e. The minimum absolute atomic E-state index is 0.0208. The van der Waals surface area contributed by atoms with Crippen molar-refractivity contribution < 1.29 is 22.8 Å². The van der Waals surface area contributed by atoms with Gasteiger partial charge in [-0.05, 0) is 24.3 Å². The first-order valence-electron chi connectivity index (χ1n) is 7.37. The van der Waals surface area contributed by atoms with E-state index in [0.717, 1.165) is 11.1 Å². The SMILES string of the molecule is O=C(Nc1ccc(F)c(F)c1F)C1=NN(c2ccccc2)C(=O)CC1. The fraction of sp³-hybridized carbons (Fsp3) is 0.118. The molecule has 0 radical (unpaired) electrons. The maximum Gasteiger partial charge on any atom is 0.271 e. The Hall–Kier alpha value is -3.16. The molecule has 2 aromatic rings. The topological polar surface area (TPSA) is 61.8 Å². The van der Waals surface area contributed by atoms with Crippen molar-refractivity contribution in [2.45, 2.75) is 12.8 Å². The number of amides is 2. The van der Waals surface area contributed by atoms with Gasteiger partial charge in [-0.15, -0.1) is 0 Å². The van der Waals surface area contributed by atoms with Gasteiger partial charge < -0.3 is 5.32 Å². The number of para-hydroxylation sites is 1. The van der Waals surface area contributed by atoms with Crippen molar-refractivity contribution >= 4 is 28.9 Å². The van der Waals surface area contributed by atoms with E-state index in [0.29, 0.717) is 11.8 Å². The van der Waals surface area contributed by atoms with Crippen LogP contribution in [0.4, 0.5) is 24.5 Å². The van der Waals surface area contributed by atoms with Crippen molar-refractivity contribution in [1.82, 2.24) is 0 Å². The molecule has 0 aliphatic carbocycles. The van der Waals surface area contributed by atoms with E-state index >= 15 is 0 Å². The van der Waals surface area contributed by atoms with Gasteiger partial charge in [-0.1, -0.05) is 18.2 Å². The van der Waals surface area contributed by atoms with Crippen LogP contribution in [-0.4, -0.2) is 17.5 Å². The summed E-state index contributed by atoms with van der Waals surface area (Å²) < 4.78 is 39.8. The molecule has 1 heterocycles. The summed E-state index contributed by atoms with van der Waals surface area (Å²) in [5.74, 6) is -5.61. The summed E-state index contributed by atoms with van der Waals surface area (Å²) in [5, 5.41) is 7.23. The molecule has 2 aromatic carbocycles. The predicted molar refractivity (Wildman–Crippen MR) is 85.5 cm³/mol. The van der Waals surface area contributed by atoms with Crippen LogP contribution in [0.2, 0.25) is 0 Å². The van der Waals surface area contributed by atoms with Gasteiger partial charge in [-0.3, -0.25) is 9.59 Å². The number of rotatable bonds is 3. The molecule has 0 saturated carbocycles. The Labute approximate surface area is 140 Å². The fourth-order valence-electron chi connectivity index (χ4n) is 2.30. The third-order valence-electron chi connectivity index (χ3n) is 3.58. The third-order valence-corrected chi connectivity index (χ3v) is 3.58. The predicted octanol–water partition coefficient (Wildman–Crippen LogP) is 3.23. The monoisotopic (exact) mass is 347 g/mol. The lowest BCUT2D eigenvalue weighted by molar-refractivity contribution is -0.118. The van der Waals surface area contributed by atoms with E-state index in [-0.39, 0.29) is 24.5 Å². The standard InChI is InChI=1S/C17H12F3N3O2/c18-11-6-7-12(16(20)15(11)19)21-17(25)13-8-9-14(24)23(22-13)10-4-2-1-3-5-10/h1-7H,8-9H2,(H,21,25). The number of nitrogens with one attached hydrogen (secondary N) is 1. The van der Waals surface area contributed by atoms with Gasteiger partial charge in [0.2, 0.25) is 5.91 Å². The highest BCUT2D eigenvalue weighted by Gasteiger charge is 2.26. The van der Waals surface area contributed by atoms with Crippen molar-refractivity contribution in [3.8, 4) is 0 Å². The van der Waals surface area contributed by atoms with E-state index in [2.05, 4.69) is 10.4 Å². The molecule has 5 nitrogen and oxygen atoms in total. The normalized spacial score (nSPS) is 14.3. The first-order valence-corrected chi connectivity index (χ1v) is 7.37. The van der Waals surface area contributed by atoms with Gasteiger partial charge in [0.05, 0.1) is 11.4 Å². The number of halogens is 3. The highest BCUT2D eigenvalue weighted by Crippen LogP contribution is 2.22. The Bertz CT molecular complexity index is 869. The highest BCUT2D eigenvalue weighted by atomic mass is 19.2. The van der Waals surface area contributed by atoms with Crippen LogP contribution in [0.15, 0.2) is 47.6 Å². The summed E-state index contributed by atoms with van der Waals surface area (Å²) in [6, 6.07) is 10.1. The van der Waals surface area contributed by atoms with Crippen LogP contribution in [0.1, 0.15) is 12.8 Å². The van der Waals surface area contributed by atoms with Gasteiger partial charge in [-0.25, -0.2) is 18.2 Å². The molecule has 1 aliphatic rings. The fourth-order valence-corrected chi connectivity index (χ4v) is 2.30. The number of carbonyl (C=O) groups excluding carboxylic acids is 2. The summed E-state index contributed by atoms with van der Waals surface area (Å²) in [6.07, 6.45) is 0.0979. The van der Waals surface area contributed by atoms with Crippen molar-refractivity contribution in [3.63, 3.8) is 0 Å². The second kappa shape index (κ2) is 6.76. The second-order valence-corrected chi connectivity index (χ2v) is 5.26. The summed E-state index contributed by atoms with van der Waals surface area (Å²) in [7, 11) is 0. The number of benzene rings is 2. The molecule has 1 N–H and O–H groups in total. The molecule has 0 aromatic heterocycles. The first-order chi connectivity index (χ1) is 12.0. The Morgan fingerprint density at radius 1 is 1.00 bits per heavy atom. The molecule has 3 rings (SSSR count). The van der Waals surface area contributed by atoms with E-state index in [4.69, 9.17) is 0 Å². The van der Waals surface area contributed by atoms with E-state index in [1.807, 2.05) is 0 Å².